The van der Waals surface area contributed by atoms with Gasteiger partial charge in [0.15, 0.2) is 16.7 Å². The molecule has 1 heterocycles. The van der Waals surface area contributed by atoms with Gasteiger partial charge in [-0.1, -0.05) is 48.0 Å². The Morgan fingerprint density at radius 3 is 2.69 bits per heavy atom. The van der Waals surface area contributed by atoms with Gasteiger partial charge in [0.25, 0.3) is 5.91 Å². The molecule has 8 heteroatoms. The number of nitrogens with one attached hydrogen (secondary N) is 1. The second kappa shape index (κ2) is 10.3. The quantitative estimate of drug-likeness (QED) is 0.366. The number of carbonyl (C=O) groups is 1. The number of benzene rings is 3. The van der Waals surface area contributed by atoms with Crippen LogP contribution >= 0.6 is 39.3 Å². The van der Waals surface area contributed by atoms with Crippen LogP contribution in [0, 0.1) is 0 Å². The zero-order valence-corrected chi connectivity index (χ0v) is 20.1. The first kappa shape index (κ1) is 22.5. The SMILES string of the molecule is COc1cc(/C=C2/SC(=Nc3cccc(Cl)c3)NC2=O)cc(Br)c1OCc1ccccc1. The predicted octanol–water partition coefficient (Wildman–Crippen LogP) is 6.58. The first-order valence-corrected chi connectivity index (χ1v) is 11.6. The van der Waals surface area contributed by atoms with E-state index in [-0.39, 0.29) is 5.91 Å². The van der Waals surface area contributed by atoms with E-state index in [1.165, 1.54) is 11.8 Å². The number of methoxy groups -OCH3 is 1. The average Bonchev–Trinajstić information content (AvgIpc) is 3.11. The van der Waals surface area contributed by atoms with Gasteiger partial charge in [-0.15, -0.1) is 0 Å². The number of rotatable bonds is 6. The predicted molar refractivity (Wildman–Crippen MR) is 134 cm³/mol. The van der Waals surface area contributed by atoms with Crippen molar-refractivity contribution < 1.29 is 14.3 Å². The van der Waals surface area contributed by atoms with Crippen LogP contribution in [0.3, 0.4) is 0 Å². The normalized spacial score (nSPS) is 15.8. The number of nitrogens with zero attached hydrogens (tertiary/aromatic N) is 1. The zero-order valence-electron chi connectivity index (χ0n) is 17.0. The first-order chi connectivity index (χ1) is 15.5. The van der Waals surface area contributed by atoms with E-state index in [9.17, 15) is 4.79 Å². The number of ether oxygens (including phenoxy) is 2. The number of hydrogen-bond acceptors (Lipinski definition) is 5. The molecule has 32 heavy (non-hydrogen) atoms. The molecule has 1 N–H and O–H groups in total. The van der Waals surface area contributed by atoms with Gasteiger partial charge in [-0.05, 0) is 75.2 Å². The molecule has 0 bridgehead atoms. The molecular weight excluding hydrogens is 512 g/mol. The van der Waals surface area contributed by atoms with Crippen LogP contribution in [-0.2, 0) is 11.4 Å². The Balaban J connectivity index is 1.54. The molecular formula is C24H18BrClN2O3S. The minimum Gasteiger partial charge on any atom is -0.493 e. The second-order valence-corrected chi connectivity index (χ2v) is 9.09. The Labute approximate surface area is 203 Å². The molecule has 1 amide bonds. The van der Waals surface area contributed by atoms with E-state index in [2.05, 4.69) is 26.2 Å². The lowest BCUT2D eigenvalue weighted by Crippen LogP contribution is -2.19. The van der Waals surface area contributed by atoms with E-state index < -0.39 is 0 Å². The molecule has 0 aromatic heterocycles. The number of halogens is 2. The maximum Gasteiger partial charge on any atom is 0.264 e. The summed E-state index contributed by atoms with van der Waals surface area (Å²) in [5, 5.41) is 3.86. The summed E-state index contributed by atoms with van der Waals surface area (Å²) in [5.74, 6) is 0.957. The number of carbonyl (C=O) groups excluding carboxylic acids is 1. The van der Waals surface area contributed by atoms with Gasteiger partial charge in [0.2, 0.25) is 0 Å². The Morgan fingerprint density at radius 1 is 1.12 bits per heavy atom. The van der Waals surface area contributed by atoms with Gasteiger partial charge in [0.05, 0.1) is 22.2 Å². The molecule has 0 atom stereocenters. The first-order valence-electron chi connectivity index (χ1n) is 9.61. The highest BCUT2D eigenvalue weighted by Crippen LogP contribution is 2.39. The number of amides is 1. The van der Waals surface area contributed by atoms with Gasteiger partial charge in [0.1, 0.15) is 6.61 Å². The van der Waals surface area contributed by atoms with Crippen molar-refractivity contribution in [1.29, 1.82) is 0 Å². The van der Waals surface area contributed by atoms with Crippen molar-refractivity contribution in [2.75, 3.05) is 7.11 Å². The minimum absolute atomic E-state index is 0.213. The number of aliphatic imine (C=N–C) groups is 1. The Bertz CT molecular complexity index is 1220. The molecule has 0 spiro atoms. The van der Waals surface area contributed by atoms with E-state index in [0.29, 0.717) is 38.9 Å². The second-order valence-electron chi connectivity index (χ2n) is 6.77. The van der Waals surface area contributed by atoms with Crippen molar-refractivity contribution in [2.45, 2.75) is 6.61 Å². The summed E-state index contributed by atoms with van der Waals surface area (Å²) in [5.41, 5.74) is 2.52. The summed E-state index contributed by atoms with van der Waals surface area (Å²) in [6.45, 7) is 0.415. The monoisotopic (exact) mass is 528 g/mol. The lowest BCUT2D eigenvalue weighted by atomic mass is 10.2. The summed E-state index contributed by atoms with van der Waals surface area (Å²) in [7, 11) is 1.58. The van der Waals surface area contributed by atoms with Crippen LogP contribution in [0.25, 0.3) is 6.08 Å². The zero-order chi connectivity index (χ0) is 22.5. The third-order valence-corrected chi connectivity index (χ3v) is 6.20. The largest absolute Gasteiger partial charge is 0.493 e. The molecule has 0 radical (unpaired) electrons. The van der Waals surface area contributed by atoms with Crippen LogP contribution in [0.1, 0.15) is 11.1 Å². The van der Waals surface area contributed by atoms with Gasteiger partial charge >= 0.3 is 0 Å². The highest BCUT2D eigenvalue weighted by atomic mass is 79.9. The molecule has 1 aliphatic rings. The van der Waals surface area contributed by atoms with Crippen LogP contribution in [-0.4, -0.2) is 18.2 Å². The van der Waals surface area contributed by atoms with Crippen LogP contribution in [0.2, 0.25) is 5.02 Å². The van der Waals surface area contributed by atoms with E-state index in [4.69, 9.17) is 21.1 Å². The molecule has 3 aromatic rings. The lowest BCUT2D eigenvalue weighted by molar-refractivity contribution is -0.115. The van der Waals surface area contributed by atoms with Crippen LogP contribution in [0.5, 0.6) is 11.5 Å². The molecule has 1 saturated heterocycles. The average molecular weight is 530 g/mol. The van der Waals surface area contributed by atoms with E-state index in [1.54, 1.807) is 25.3 Å². The Hall–Kier alpha value is -2.74. The summed E-state index contributed by atoms with van der Waals surface area (Å²) in [4.78, 5) is 17.4. The van der Waals surface area contributed by atoms with Crippen LogP contribution < -0.4 is 14.8 Å². The van der Waals surface area contributed by atoms with Gasteiger partial charge in [-0.3, -0.25) is 4.79 Å². The smallest absolute Gasteiger partial charge is 0.264 e. The molecule has 3 aromatic carbocycles. The molecule has 0 aliphatic carbocycles. The van der Waals surface area contributed by atoms with Gasteiger partial charge in [-0.2, -0.15) is 0 Å². The topological polar surface area (TPSA) is 59.9 Å². The highest BCUT2D eigenvalue weighted by molar-refractivity contribution is 9.10. The maximum absolute atomic E-state index is 12.4. The summed E-state index contributed by atoms with van der Waals surface area (Å²) in [6.07, 6.45) is 1.79. The fourth-order valence-electron chi connectivity index (χ4n) is 2.99. The molecule has 5 nitrogen and oxygen atoms in total. The Morgan fingerprint density at radius 2 is 1.94 bits per heavy atom. The molecule has 4 rings (SSSR count). The Kier molecular flexibility index (Phi) is 7.19. The van der Waals surface area contributed by atoms with Crippen LogP contribution in [0.15, 0.2) is 81.1 Å². The summed E-state index contributed by atoms with van der Waals surface area (Å²) < 4.78 is 12.2. The molecule has 0 saturated carbocycles. The van der Waals surface area contributed by atoms with Crippen molar-refractivity contribution >= 4 is 62.1 Å². The lowest BCUT2D eigenvalue weighted by Gasteiger charge is -2.13. The number of thioether (sulfide) groups is 1. The molecule has 1 fully saturated rings. The van der Waals surface area contributed by atoms with Gasteiger partial charge in [-0.25, -0.2) is 4.99 Å². The third-order valence-electron chi connectivity index (χ3n) is 4.47. The van der Waals surface area contributed by atoms with Crippen molar-refractivity contribution in [3.8, 4) is 11.5 Å². The van der Waals surface area contributed by atoms with E-state index in [0.717, 1.165) is 15.6 Å². The minimum atomic E-state index is -0.213. The van der Waals surface area contributed by atoms with Crippen molar-refractivity contribution in [3.63, 3.8) is 0 Å². The van der Waals surface area contributed by atoms with E-state index in [1.807, 2.05) is 54.6 Å². The van der Waals surface area contributed by atoms with Crippen molar-refractivity contribution in [1.82, 2.24) is 5.32 Å². The number of amidine groups is 1. The van der Waals surface area contributed by atoms with Crippen LogP contribution in [0.4, 0.5) is 5.69 Å². The van der Waals surface area contributed by atoms with Gasteiger partial charge in [0, 0.05) is 5.02 Å². The third kappa shape index (κ3) is 5.54. The summed E-state index contributed by atoms with van der Waals surface area (Å²) in [6, 6.07) is 20.7. The van der Waals surface area contributed by atoms with E-state index >= 15 is 0 Å². The fraction of sp³-hybridized carbons (Fsp3) is 0.0833. The van der Waals surface area contributed by atoms with Crippen molar-refractivity contribution in [2.24, 2.45) is 4.99 Å². The van der Waals surface area contributed by atoms with Crippen molar-refractivity contribution in [3.05, 3.63) is 92.3 Å². The fourth-order valence-corrected chi connectivity index (χ4v) is 4.59. The standard InChI is InChI=1S/C24H18BrClN2O3S/c1-30-20-11-16(10-19(25)22(20)31-14-15-6-3-2-4-7-15)12-21-23(29)28-24(32-21)27-18-9-5-8-17(26)13-18/h2-13H,14H2,1H3,(H,27,28,29)/b21-12+. The van der Waals surface area contributed by atoms with Gasteiger partial charge < -0.3 is 14.8 Å². The number of hydrogen-bond donors (Lipinski definition) is 1. The molecule has 0 unspecified atom stereocenters. The molecule has 162 valence electrons. The highest BCUT2D eigenvalue weighted by Gasteiger charge is 2.24. The maximum atomic E-state index is 12.4. The molecule has 1 aliphatic heterocycles. The summed E-state index contributed by atoms with van der Waals surface area (Å²) >= 11 is 10.8.